The smallest absolute Gasteiger partial charge is 0.257 e. The van der Waals surface area contributed by atoms with Crippen LogP contribution in [0.25, 0.3) is 0 Å². The van der Waals surface area contributed by atoms with E-state index in [0.717, 1.165) is 29.5 Å². The molecule has 0 bridgehead atoms. The molecule has 0 aliphatic heterocycles. The van der Waals surface area contributed by atoms with Crippen molar-refractivity contribution in [3.63, 3.8) is 0 Å². The minimum atomic E-state index is -0.0720. The maximum absolute atomic E-state index is 12.3. The monoisotopic (exact) mass is 300 g/mol. The van der Waals surface area contributed by atoms with Gasteiger partial charge in [-0.3, -0.25) is 10.1 Å². The van der Waals surface area contributed by atoms with Crippen LogP contribution in [0.1, 0.15) is 45.4 Å². The molecule has 3 nitrogen and oxygen atoms in total. The molecule has 110 valence electrons. The van der Waals surface area contributed by atoms with Crippen molar-refractivity contribution in [3.8, 4) is 0 Å². The van der Waals surface area contributed by atoms with Crippen LogP contribution < -0.4 is 5.32 Å². The SMILES string of the molecule is Cc1ccc(C(=O)Nc2nc3c(s2)C[C@@H](C)CC3)cc1C. The average Bonchev–Trinajstić information content (AvgIpc) is 2.83. The van der Waals surface area contributed by atoms with Crippen LogP contribution in [0.2, 0.25) is 0 Å². The fourth-order valence-electron chi connectivity index (χ4n) is 2.65. The summed E-state index contributed by atoms with van der Waals surface area (Å²) in [5.41, 5.74) is 4.20. The number of carbonyl (C=O) groups excluding carboxylic acids is 1. The van der Waals surface area contributed by atoms with E-state index in [-0.39, 0.29) is 5.91 Å². The molecule has 4 heteroatoms. The van der Waals surface area contributed by atoms with Crippen LogP contribution in [0.5, 0.6) is 0 Å². The summed E-state index contributed by atoms with van der Waals surface area (Å²) >= 11 is 1.63. The van der Waals surface area contributed by atoms with Crippen LogP contribution in [0.3, 0.4) is 0 Å². The van der Waals surface area contributed by atoms with Gasteiger partial charge in [0.05, 0.1) is 5.69 Å². The quantitative estimate of drug-likeness (QED) is 0.905. The highest BCUT2D eigenvalue weighted by atomic mass is 32.1. The number of thiazole rings is 1. The van der Waals surface area contributed by atoms with Crippen molar-refractivity contribution >= 4 is 22.4 Å². The van der Waals surface area contributed by atoms with E-state index in [2.05, 4.69) is 17.2 Å². The van der Waals surface area contributed by atoms with Gasteiger partial charge in [0.25, 0.3) is 5.91 Å². The summed E-state index contributed by atoms with van der Waals surface area (Å²) in [5.74, 6) is 0.651. The number of hydrogen-bond donors (Lipinski definition) is 1. The second-order valence-corrected chi connectivity index (χ2v) is 7.07. The van der Waals surface area contributed by atoms with Crippen LogP contribution in [-0.4, -0.2) is 10.9 Å². The fraction of sp³-hybridized carbons (Fsp3) is 0.412. The number of nitrogens with zero attached hydrogens (tertiary/aromatic N) is 1. The molecule has 1 atom stereocenters. The number of carbonyl (C=O) groups is 1. The zero-order chi connectivity index (χ0) is 15.0. The summed E-state index contributed by atoms with van der Waals surface area (Å²) in [6.45, 7) is 6.35. The van der Waals surface area contributed by atoms with Crippen molar-refractivity contribution in [2.24, 2.45) is 5.92 Å². The number of amides is 1. The molecule has 0 saturated carbocycles. The Kier molecular flexibility index (Phi) is 3.81. The number of aryl methyl sites for hydroxylation is 3. The molecule has 3 rings (SSSR count). The molecule has 1 amide bonds. The summed E-state index contributed by atoms with van der Waals surface area (Å²) in [7, 11) is 0. The van der Waals surface area contributed by atoms with Crippen LogP contribution in [-0.2, 0) is 12.8 Å². The molecular weight excluding hydrogens is 280 g/mol. The average molecular weight is 300 g/mol. The number of fused-ring (bicyclic) bond motifs is 1. The summed E-state index contributed by atoms with van der Waals surface area (Å²) in [4.78, 5) is 18.2. The summed E-state index contributed by atoms with van der Waals surface area (Å²) in [6, 6.07) is 5.78. The van der Waals surface area contributed by atoms with Gasteiger partial charge >= 0.3 is 0 Å². The lowest BCUT2D eigenvalue weighted by Crippen LogP contribution is -2.12. The van der Waals surface area contributed by atoms with E-state index in [0.29, 0.717) is 5.56 Å². The minimum absolute atomic E-state index is 0.0720. The molecule has 1 N–H and O–H groups in total. The van der Waals surface area contributed by atoms with Gasteiger partial charge in [-0.2, -0.15) is 0 Å². The molecule has 0 saturated heterocycles. The molecule has 0 spiro atoms. The normalized spacial score (nSPS) is 17.4. The topological polar surface area (TPSA) is 42.0 Å². The lowest BCUT2D eigenvalue weighted by Gasteiger charge is -2.15. The van der Waals surface area contributed by atoms with Crippen LogP contribution in [0.15, 0.2) is 18.2 Å². The van der Waals surface area contributed by atoms with E-state index >= 15 is 0 Å². The molecule has 0 unspecified atom stereocenters. The third-order valence-corrected chi connectivity index (χ3v) is 5.21. The van der Waals surface area contributed by atoms with Crippen LogP contribution in [0.4, 0.5) is 5.13 Å². The standard InChI is InChI=1S/C17H20N2OS/c1-10-4-7-14-15(8-10)21-17(18-14)19-16(20)13-6-5-11(2)12(3)9-13/h5-6,9-10H,4,7-8H2,1-3H3,(H,18,19,20)/t10-/m0/s1. The van der Waals surface area contributed by atoms with E-state index in [1.165, 1.54) is 22.6 Å². The van der Waals surface area contributed by atoms with Gasteiger partial charge in [0.15, 0.2) is 5.13 Å². The van der Waals surface area contributed by atoms with E-state index in [1.807, 2.05) is 32.0 Å². The van der Waals surface area contributed by atoms with E-state index in [1.54, 1.807) is 11.3 Å². The molecule has 1 aliphatic rings. The van der Waals surface area contributed by atoms with E-state index < -0.39 is 0 Å². The highest BCUT2D eigenvalue weighted by Gasteiger charge is 2.20. The highest BCUT2D eigenvalue weighted by Crippen LogP contribution is 2.32. The zero-order valence-electron chi connectivity index (χ0n) is 12.7. The van der Waals surface area contributed by atoms with Gasteiger partial charge < -0.3 is 0 Å². The molecule has 21 heavy (non-hydrogen) atoms. The number of benzene rings is 1. The van der Waals surface area contributed by atoms with Crippen molar-refractivity contribution in [1.82, 2.24) is 4.98 Å². The lowest BCUT2D eigenvalue weighted by atomic mass is 9.93. The lowest BCUT2D eigenvalue weighted by molar-refractivity contribution is 0.102. The molecule has 0 fully saturated rings. The predicted molar refractivity (Wildman–Crippen MR) is 87.2 cm³/mol. The second-order valence-electron chi connectivity index (χ2n) is 5.99. The first-order chi connectivity index (χ1) is 10.0. The third kappa shape index (κ3) is 3.00. The van der Waals surface area contributed by atoms with Crippen molar-refractivity contribution in [1.29, 1.82) is 0 Å². The van der Waals surface area contributed by atoms with Crippen LogP contribution >= 0.6 is 11.3 Å². The first kappa shape index (κ1) is 14.3. The molecule has 1 aliphatic carbocycles. The Bertz CT molecular complexity index is 690. The van der Waals surface area contributed by atoms with E-state index in [4.69, 9.17) is 0 Å². The molecule has 0 radical (unpaired) electrons. The first-order valence-corrected chi connectivity index (χ1v) is 8.22. The van der Waals surface area contributed by atoms with Crippen LogP contribution in [0, 0.1) is 19.8 Å². The van der Waals surface area contributed by atoms with Gasteiger partial charge in [0.2, 0.25) is 0 Å². The molecule has 2 aromatic rings. The number of hydrogen-bond acceptors (Lipinski definition) is 3. The Morgan fingerprint density at radius 2 is 2.14 bits per heavy atom. The largest absolute Gasteiger partial charge is 0.298 e. The number of rotatable bonds is 2. The molecular formula is C17H20N2OS. The second kappa shape index (κ2) is 5.60. The Morgan fingerprint density at radius 1 is 1.33 bits per heavy atom. The molecule has 1 heterocycles. The summed E-state index contributed by atoms with van der Waals surface area (Å²) < 4.78 is 0. The Morgan fingerprint density at radius 3 is 2.90 bits per heavy atom. The van der Waals surface area contributed by atoms with Crippen molar-refractivity contribution in [2.45, 2.75) is 40.0 Å². The van der Waals surface area contributed by atoms with Gasteiger partial charge in [-0.15, -0.1) is 11.3 Å². The summed E-state index contributed by atoms with van der Waals surface area (Å²) in [5, 5.41) is 3.68. The number of aromatic nitrogens is 1. The van der Waals surface area contributed by atoms with Crippen molar-refractivity contribution in [2.75, 3.05) is 5.32 Å². The van der Waals surface area contributed by atoms with Gasteiger partial charge in [0.1, 0.15) is 0 Å². The Labute approximate surface area is 129 Å². The summed E-state index contributed by atoms with van der Waals surface area (Å²) in [6.07, 6.45) is 3.32. The first-order valence-electron chi connectivity index (χ1n) is 7.40. The van der Waals surface area contributed by atoms with Crippen molar-refractivity contribution < 1.29 is 4.79 Å². The maximum Gasteiger partial charge on any atom is 0.257 e. The highest BCUT2D eigenvalue weighted by molar-refractivity contribution is 7.15. The maximum atomic E-state index is 12.3. The third-order valence-electron chi connectivity index (χ3n) is 4.18. The van der Waals surface area contributed by atoms with Gasteiger partial charge in [-0.05, 0) is 62.3 Å². The molecule has 1 aromatic carbocycles. The molecule has 1 aromatic heterocycles. The zero-order valence-corrected chi connectivity index (χ0v) is 13.5. The number of anilines is 1. The fourth-order valence-corrected chi connectivity index (χ4v) is 3.81. The number of nitrogens with one attached hydrogen (secondary N) is 1. The van der Waals surface area contributed by atoms with Crippen molar-refractivity contribution in [3.05, 3.63) is 45.5 Å². The van der Waals surface area contributed by atoms with Gasteiger partial charge in [-0.1, -0.05) is 13.0 Å². The Balaban J connectivity index is 1.77. The predicted octanol–water partition coefficient (Wildman–Crippen LogP) is 4.14. The van der Waals surface area contributed by atoms with E-state index in [9.17, 15) is 4.79 Å². The Hall–Kier alpha value is -1.68. The minimum Gasteiger partial charge on any atom is -0.298 e. The van der Waals surface area contributed by atoms with Gasteiger partial charge in [-0.25, -0.2) is 4.98 Å². The van der Waals surface area contributed by atoms with Gasteiger partial charge in [0, 0.05) is 10.4 Å².